The first-order valence-corrected chi connectivity index (χ1v) is 8.72. The molecule has 0 amide bonds. The van der Waals surface area contributed by atoms with E-state index >= 15 is 0 Å². The number of rotatable bonds is 5. The number of aliphatic hydroxyl groups is 5. The van der Waals surface area contributed by atoms with Crippen LogP contribution in [-0.4, -0.2) is 90.8 Å². The van der Waals surface area contributed by atoms with E-state index in [0.717, 1.165) is 0 Å². The van der Waals surface area contributed by atoms with Crippen LogP contribution < -0.4 is 0 Å². The van der Waals surface area contributed by atoms with Crippen LogP contribution in [0.1, 0.15) is 6.92 Å². The van der Waals surface area contributed by atoms with E-state index in [1.54, 1.807) is 0 Å². The first kappa shape index (κ1) is 20.5. The van der Waals surface area contributed by atoms with E-state index in [-0.39, 0.29) is 0 Å². The maximum atomic E-state index is 11.7. The molecule has 13 heteroatoms. The van der Waals surface area contributed by atoms with Gasteiger partial charge in [-0.15, -0.1) is 8.42 Å². The zero-order valence-corrected chi connectivity index (χ0v) is 13.6. The fraction of sp³-hybridized carbons (Fsp3) is 0.900. The first-order chi connectivity index (χ1) is 10.5. The SMILES string of the molecule is C[C@@H](CO)/C(S[C@@H]1O[C@H](CO)[C@@H](O)[C@H](O)[C@H]1O)=[N+](\[O-])S(=O)(=O)O. The third kappa shape index (κ3) is 4.74. The quantitative estimate of drug-likeness (QED) is 0.0708. The lowest BCUT2D eigenvalue weighted by molar-refractivity contribution is -0.292. The van der Waals surface area contributed by atoms with Gasteiger partial charge in [-0.05, 0) is 18.7 Å². The van der Waals surface area contributed by atoms with Crippen LogP contribution in [0.5, 0.6) is 0 Å². The second-order valence-electron chi connectivity index (χ2n) is 4.94. The van der Waals surface area contributed by atoms with E-state index in [2.05, 4.69) is 0 Å². The minimum absolute atomic E-state index is 0.343. The second-order valence-corrected chi connectivity index (χ2v) is 7.29. The molecule has 0 unspecified atom stereocenters. The van der Waals surface area contributed by atoms with Gasteiger partial charge in [-0.25, -0.2) is 4.55 Å². The smallest absolute Gasteiger partial charge is 0.518 e. The van der Waals surface area contributed by atoms with Crippen LogP contribution in [0.15, 0.2) is 0 Å². The number of hydrogen-bond acceptors (Lipinski definition) is 10. The summed E-state index contributed by atoms with van der Waals surface area (Å²) >= 11 is 0.343. The maximum absolute atomic E-state index is 11.7. The Kier molecular flexibility index (Phi) is 7.18. The van der Waals surface area contributed by atoms with Crippen LogP contribution in [0.2, 0.25) is 0 Å². The monoisotopic (exact) mass is 377 g/mol. The zero-order valence-electron chi connectivity index (χ0n) is 12.0. The van der Waals surface area contributed by atoms with Crippen molar-refractivity contribution in [2.24, 2.45) is 5.92 Å². The van der Waals surface area contributed by atoms with E-state index in [1.165, 1.54) is 6.92 Å². The molecule has 23 heavy (non-hydrogen) atoms. The Labute approximate surface area is 136 Å². The standard InChI is InChI=1S/C10H19NO10S2/c1-4(2-12)9(11(17)23(18,19)20)22-10-8(16)7(15)6(14)5(3-13)21-10/h4-8,10,12-16H,2-3H2,1H3,(H,18,19,20)/b11-9-/t4-,5+,6+,7-,8+,10-/m0/s1. The fourth-order valence-corrected chi connectivity index (χ4v) is 3.76. The zero-order chi connectivity index (χ0) is 17.9. The summed E-state index contributed by atoms with van der Waals surface area (Å²) in [5.41, 5.74) is -1.42. The molecule has 136 valence electrons. The highest BCUT2D eigenvalue weighted by molar-refractivity contribution is 8.14. The summed E-state index contributed by atoms with van der Waals surface area (Å²) in [6.45, 7) is -0.0667. The molecule has 0 aliphatic carbocycles. The first-order valence-electron chi connectivity index (χ1n) is 6.44. The average molecular weight is 377 g/mol. The van der Waals surface area contributed by atoms with E-state index in [1.807, 2.05) is 0 Å². The van der Waals surface area contributed by atoms with Gasteiger partial charge in [0.05, 0.1) is 19.1 Å². The van der Waals surface area contributed by atoms with Crippen LogP contribution >= 0.6 is 11.8 Å². The van der Waals surface area contributed by atoms with E-state index < -0.39 is 68.5 Å². The topological polar surface area (TPSA) is 191 Å². The Morgan fingerprint density at radius 2 is 1.83 bits per heavy atom. The molecule has 11 nitrogen and oxygen atoms in total. The van der Waals surface area contributed by atoms with Gasteiger partial charge < -0.3 is 35.5 Å². The predicted molar refractivity (Wildman–Crippen MR) is 77.8 cm³/mol. The fourth-order valence-electron chi connectivity index (χ4n) is 1.81. The summed E-state index contributed by atoms with van der Waals surface area (Å²) in [6.07, 6.45) is -6.29. The summed E-state index contributed by atoms with van der Waals surface area (Å²) in [4.78, 5) is 0. The number of hydrogen-bond donors (Lipinski definition) is 6. The van der Waals surface area contributed by atoms with Crippen molar-refractivity contribution in [3.63, 3.8) is 0 Å². The number of nitrogens with zero attached hydrogens (tertiary/aromatic N) is 1. The normalized spacial score (nSPS) is 34.8. The Balaban J connectivity index is 3.13. The summed E-state index contributed by atoms with van der Waals surface area (Å²) in [5.74, 6) is -1.04. The minimum atomic E-state index is -5.16. The Morgan fingerprint density at radius 1 is 1.26 bits per heavy atom. The molecule has 1 fully saturated rings. The van der Waals surface area contributed by atoms with Gasteiger partial charge in [-0.3, -0.25) is 0 Å². The van der Waals surface area contributed by atoms with Gasteiger partial charge in [0.1, 0.15) is 29.9 Å². The predicted octanol–water partition coefficient (Wildman–Crippen LogP) is -3.14. The lowest BCUT2D eigenvalue weighted by Crippen LogP contribution is -2.58. The summed E-state index contributed by atoms with van der Waals surface area (Å²) in [5, 5.41) is 58.4. The molecule has 1 heterocycles. The van der Waals surface area contributed by atoms with Crippen molar-refractivity contribution in [2.45, 2.75) is 36.8 Å². The molecule has 0 saturated carbocycles. The molecule has 0 aromatic heterocycles. The summed E-state index contributed by atoms with van der Waals surface area (Å²) in [7, 11) is -5.16. The lowest BCUT2D eigenvalue weighted by atomic mass is 10.0. The summed E-state index contributed by atoms with van der Waals surface area (Å²) < 4.78 is 35.2. The van der Waals surface area contributed by atoms with Gasteiger partial charge in [0.2, 0.25) is 0 Å². The highest BCUT2D eigenvalue weighted by atomic mass is 32.2. The molecule has 0 aromatic carbocycles. The van der Waals surface area contributed by atoms with Gasteiger partial charge in [0, 0.05) is 0 Å². The molecule has 6 atom stereocenters. The van der Waals surface area contributed by atoms with Gasteiger partial charge >= 0.3 is 10.3 Å². The molecular formula is C10H19NO10S2. The van der Waals surface area contributed by atoms with Crippen molar-refractivity contribution in [1.82, 2.24) is 0 Å². The van der Waals surface area contributed by atoms with Crippen LogP contribution in [0.25, 0.3) is 0 Å². The van der Waals surface area contributed by atoms with Crippen LogP contribution in [0.4, 0.5) is 0 Å². The molecule has 1 aliphatic rings. The molecule has 6 N–H and O–H groups in total. The summed E-state index contributed by atoms with van der Waals surface area (Å²) in [6, 6.07) is 0. The lowest BCUT2D eigenvalue weighted by Gasteiger charge is -2.39. The third-order valence-electron chi connectivity index (χ3n) is 3.17. The number of ether oxygens (including phenoxy) is 1. The van der Waals surface area contributed by atoms with Crippen LogP contribution in [0.3, 0.4) is 0 Å². The molecule has 0 aromatic rings. The average Bonchev–Trinajstić information content (AvgIpc) is 2.49. The van der Waals surface area contributed by atoms with Crippen LogP contribution in [-0.2, 0) is 15.0 Å². The van der Waals surface area contributed by atoms with Gasteiger partial charge in [0.25, 0.3) is 5.04 Å². The maximum Gasteiger partial charge on any atom is 0.518 e. The van der Waals surface area contributed by atoms with E-state index in [9.17, 15) is 28.9 Å². The number of aliphatic hydroxyl groups excluding tert-OH is 5. The van der Waals surface area contributed by atoms with Crippen molar-refractivity contribution < 1.29 is 47.4 Å². The van der Waals surface area contributed by atoms with Crippen molar-refractivity contribution in [3.8, 4) is 0 Å². The van der Waals surface area contributed by atoms with E-state index in [0.29, 0.717) is 11.8 Å². The highest BCUT2D eigenvalue weighted by Crippen LogP contribution is 2.31. The highest BCUT2D eigenvalue weighted by Gasteiger charge is 2.46. The molecule has 1 saturated heterocycles. The Bertz CT molecular complexity index is 536. The van der Waals surface area contributed by atoms with Crippen molar-refractivity contribution in [1.29, 1.82) is 0 Å². The van der Waals surface area contributed by atoms with Crippen molar-refractivity contribution >= 4 is 27.1 Å². The van der Waals surface area contributed by atoms with Crippen LogP contribution in [0, 0.1) is 11.1 Å². The van der Waals surface area contributed by atoms with Crippen molar-refractivity contribution in [3.05, 3.63) is 5.21 Å². The number of thioether (sulfide) groups is 1. The van der Waals surface area contributed by atoms with Gasteiger partial charge in [-0.2, -0.15) is 0 Å². The van der Waals surface area contributed by atoms with Gasteiger partial charge in [0.15, 0.2) is 0 Å². The second kappa shape index (κ2) is 8.04. The molecule has 1 aliphatic heterocycles. The molecule has 0 spiro atoms. The molecule has 0 bridgehead atoms. The Hall–Kier alpha value is -0.510. The molecule has 0 radical (unpaired) electrons. The Morgan fingerprint density at radius 3 is 2.26 bits per heavy atom. The van der Waals surface area contributed by atoms with Gasteiger partial charge in [-0.1, -0.05) is 4.14 Å². The minimum Gasteiger partial charge on any atom is -0.605 e. The van der Waals surface area contributed by atoms with E-state index in [4.69, 9.17) is 19.5 Å². The largest absolute Gasteiger partial charge is 0.605 e. The third-order valence-corrected chi connectivity index (χ3v) is 5.33. The molecular weight excluding hydrogens is 358 g/mol. The molecule has 1 rings (SSSR count). The van der Waals surface area contributed by atoms with Crippen molar-refractivity contribution in [2.75, 3.05) is 13.2 Å².